The molecule has 1 N–H and O–H groups in total. The molecule has 0 saturated carbocycles. The van der Waals surface area contributed by atoms with Crippen LogP contribution in [-0.4, -0.2) is 4.98 Å². The predicted octanol–water partition coefficient (Wildman–Crippen LogP) is 3.95. The fraction of sp³-hybridized carbons (Fsp3) is 0.111. The van der Waals surface area contributed by atoms with Gasteiger partial charge in [-0.25, -0.2) is 0 Å². The van der Waals surface area contributed by atoms with Crippen molar-refractivity contribution in [2.45, 2.75) is 6.18 Å². The normalized spacial score (nSPS) is 12.3. The van der Waals surface area contributed by atoms with Crippen molar-refractivity contribution in [3.05, 3.63) is 34.4 Å². The summed E-state index contributed by atoms with van der Waals surface area (Å²) in [5.74, 6) is 0. The number of rotatable bonds is 0. The first-order valence-electron chi connectivity index (χ1n) is 3.82. The fourth-order valence-electron chi connectivity index (χ4n) is 1.27. The number of aromatic amines is 1. The van der Waals surface area contributed by atoms with E-state index in [4.69, 9.17) is 0 Å². The van der Waals surface area contributed by atoms with Crippen LogP contribution in [0, 0.1) is 0 Å². The van der Waals surface area contributed by atoms with Gasteiger partial charge in [0, 0.05) is 21.6 Å². The molecule has 2 aromatic rings. The van der Waals surface area contributed by atoms with Crippen LogP contribution in [-0.2, 0) is 6.18 Å². The van der Waals surface area contributed by atoms with Crippen LogP contribution in [0.3, 0.4) is 0 Å². The summed E-state index contributed by atoms with van der Waals surface area (Å²) in [6.07, 6.45) is -2.67. The second kappa shape index (κ2) is 3.02. The van der Waals surface area contributed by atoms with E-state index < -0.39 is 11.7 Å². The van der Waals surface area contributed by atoms with Crippen molar-refractivity contribution >= 4 is 26.8 Å². The second-order valence-electron chi connectivity index (χ2n) is 2.89. The quantitative estimate of drug-likeness (QED) is 0.741. The number of hydrogen-bond acceptors (Lipinski definition) is 0. The minimum absolute atomic E-state index is 0.478. The Bertz CT molecular complexity index is 472. The highest BCUT2D eigenvalue weighted by Crippen LogP contribution is 2.32. The standard InChI is InChI=1S/C9H5BrF3N/c10-7-4-14-8-3-5(9(11,12)13)1-2-6(7)8/h1-4,14H. The topological polar surface area (TPSA) is 15.8 Å². The Morgan fingerprint density at radius 2 is 1.93 bits per heavy atom. The van der Waals surface area contributed by atoms with E-state index in [-0.39, 0.29) is 0 Å². The first-order valence-corrected chi connectivity index (χ1v) is 4.61. The molecule has 0 aliphatic heterocycles. The fourth-order valence-corrected chi connectivity index (χ4v) is 1.73. The van der Waals surface area contributed by atoms with Crippen molar-refractivity contribution in [1.82, 2.24) is 4.98 Å². The number of aromatic nitrogens is 1. The van der Waals surface area contributed by atoms with Crippen LogP contribution in [0.15, 0.2) is 28.9 Å². The van der Waals surface area contributed by atoms with Gasteiger partial charge in [-0.2, -0.15) is 13.2 Å². The van der Waals surface area contributed by atoms with Gasteiger partial charge >= 0.3 is 6.18 Å². The molecule has 0 bridgehead atoms. The van der Waals surface area contributed by atoms with Gasteiger partial charge in [0.2, 0.25) is 0 Å². The Morgan fingerprint density at radius 3 is 2.57 bits per heavy atom. The number of nitrogens with one attached hydrogen (secondary N) is 1. The van der Waals surface area contributed by atoms with Crippen molar-refractivity contribution in [3.8, 4) is 0 Å². The van der Waals surface area contributed by atoms with Crippen molar-refractivity contribution in [2.24, 2.45) is 0 Å². The Labute approximate surface area is 86.1 Å². The lowest BCUT2D eigenvalue weighted by molar-refractivity contribution is -0.137. The molecule has 0 unspecified atom stereocenters. The highest BCUT2D eigenvalue weighted by Gasteiger charge is 2.30. The molecule has 0 spiro atoms. The van der Waals surface area contributed by atoms with E-state index in [0.29, 0.717) is 5.52 Å². The summed E-state index contributed by atoms with van der Waals surface area (Å²) in [6.45, 7) is 0. The molecular formula is C9H5BrF3N. The van der Waals surface area contributed by atoms with E-state index >= 15 is 0 Å². The van der Waals surface area contributed by atoms with E-state index in [1.165, 1.54) is 6.07 Å². The predicted molar refractivity (Wildman–Crippen MR) is 51.0 cm³/mol. The van der Waals surface area contributed by atoms with Crippen LogP contribution in [0.5, 0.6) is 0 Å². The first kappa shape index (κ1) is 9.58. The Hall–Kier alpha value is -0.970. The lowest BCUT2D eigenvalue weighted by Gasteiger charge is -2.05. The Kier molecular flexibility index (Phi) is 2.06. The number of benzene rings is 1. The molecule has 0 saturated heterocycles. The third-order valence-corrected chi connectivity index (χ3v) is 2.61. The van der Waals surface area contributed by atoms with Gasteiger partial charge in [0.15, 0.2) is 0 Å². The lowest BCUT2D eigenvalue weighted by Crippen LogP contribution is -2.03. The van der Waals surface area contributed by atoms with Crippen LogP contribution in [0.25, 0.3) is 10.9 Å². The highest BCUT2D eigenvalue weighted by atomic mass is 79.9. The minimum atomic E-state index is -4.29. The molecule has 0 amide bonds. The number of halogens is 4. The molecule has 0 radical (unpaired) electrons. The summed E-state index contributed by atoms with van der Waals surface area (Å²) in [7, 11) is 0. The largest absolute Gasteiger partial charge is 0.416 e. The molecule has 1 aromatic carbocycles. The van der Waals surface area contributed by atoms with Crippen LogP contribution in [0.4, 0.5) is 13.2 Å². The molecule has 1 heterocycles. The molecule has 14 heavy (non-hydrogen) atoms. The monoisotopic (exact) mass is 263 g/mol. The van der Waals surface area contributed by atoms with E-state index in [2.05, 4.69) is 20.9 Å². The molecule has 0 fully saturated rings. The van der Waals surface area contributed by atoms with Crippen molar-refractivity contribution in [2.75, 3.05) is 0 Å². The molecule has 0 aliphatic carbocycles. The Balaban J connectivity index is 2.63. The van der Waals surface area contributed by atoms with Gasteiger partial charge in [-0.05, 0) is 28.1 Å². The molecular weight excluding hydrogens is 259 g/mol. The van der Waals surface area contributed by atoms with Gasteiger partial charge in [-0.3, -0.25) is 0 Å². The van der Waals surface area contributed by atoms with Crippen molar-refractivity contribution in [1.29, 1.82) is 0 Å². The molecule has 1 aromatic heterocycles. The average molecular weight is 264 g/mol. The molecule has 5 heteroatoms. The number of fused-ring (bicyclic) bond motifs is 1. The van der Waals surface area contributed by atoms with E-state index in [1.54, 1.807) is 6.20 Å². The summed E-state index contributed by atoms with van der Waals surface area (Å²) < 4.78 is 37.7. The zero-order chi connectivity index (χ0) is 10.3. The van der Waals surface area contributed by atoms with Crippen LogP contribution >= 0.6 is 15.9 Å². The third-order valence-electron chi connectivity index (χ3n) is 1.96. The van der Waals surface area contributed by atoms with Crippen LogP contribution in [0.2, 0.25) is 0 Å². The van der Waals surface area contributed by atoms with E-state index in [1.807, 2.05) is 0 Å². The van der Waals surface area contributed by atoms with E-state index in [9.17, 15) is 13.2 Å². The smallest absolute Gasteiger partial charge is 0.360 e. The van der Waals surface area contributed by atoms with Gasteiger partial charge < -0.3 is 4.98 Å². The van der Waals surface area contributed by atoms with Gasteiger partial charge in [0.05, 0.1) is 5.56 Å². The van der Waals surface area contributed by atoms with Crippen LogP contribution < -0.4 is 0 Å². The number of hydrogen-bond donors (Lipinski definition) is 1. The zero-order valence-corrected chi connectivity index (χ0v) is 8.41. The highest BCUT2D eigenvalue weighted by molar-refractivity contribution is 9.10. The summed E-state index contributed by atoms with van der Waals surface area (Å²) in [5.41, 5.74) is -0.161. The summed E-state index contributed by atoms with van der Waals surface area (Å²) in [4.78, 5) is 2.75. The second-order valence-corrected chi connectivity index (χ2v) is 3.75. The van der Waals surface area contributed by atoms with Gasteiger partial charge in [0.25, 0.3) is 0 Å². The molecule has 1 nitrogen and oxygen atoms in total. The van der Waals surface area contributed by atoms with Crippen molar-refractivity contribution < 1.29 is 13.2 Å². The molecule has 0 atom stereocenters. The van der Waals surface area contributed by atoms with Gasteiger partial charge in [-0.1, -0.05) is 6.07 Å². The third kappa shape index (κ3) is 1.52. The van der Waals surface area contributed by atoms with Gasteiger partial charge in [0.1, 0.15) is 0 Å². The SMILES string of the molecule is FC(F)(F)c1ccc2c(Br)c[nH]c2c1. The van der Waals surface area contributed by atoms with Crippen LogP contribution in [0.1, 0.15) is 5.56 Å². The molecule has 74 valence electrons. The minimum Gasteiger partial charge on any atom is -0.360 e. The van der Waals surface area contributed by atoms with Crippen molar-refractivity contribution in [3.63, 3.8) is 0 Å². The average Bonchev–Trinajstić information content (AvgIpc) is 2.46. The first-order chi connectivity index (χ1) is 6.48. The summed E-state index contributed by atoms with van der Waals surface area (Å²) in [5, 5.41) is 0.748. The maximum Gasteiger partial charge on any atom is 0.416 e. The zero-order valence-electron chi connectivity index (χ0n) is 6.82. The molecule has 0 aliphatic rings. The van der Waals surface area contributed by atoms with E-state index in [0.717, 1.165) is 22.0 Å². The summed E-state index contributed by atoms with van der Waals surface area (Å²) >= 11 is 3.23. The maximum atomic E-state index is 12.3. The maximum absolute atomic E-state index is 12.3. The number of alkyl halides is 3. The van der Waals surface area contributed by atoms with Gasteiger partial charge in [-0.15, -0.1) is 0 Å². The molecule has 2 rings (SSSR count). The number of H-pyrrole nitrogens is 1. The summed E-state index contributed by atoms with van der Waals surface area (Å²) in [6, 6.07) is 3.61. The lowest BCUT2D eigenvalue weighted by atomic mass is 10.1. The Morgan fingerprint density at radius 1 is 1.21 bits per heavy atom.